The molecule has 0 saturated carbocycles. The summed E-state index contributed by atoms with van der Waals surface area (Å²) in [4.78, 5) is 34.1. The topological polar surface area (TPSA) is 117 Å². The Balaban J connectivity index is 0.000000215. The minimum Gasteiger partial charge on any atom is -0.465 e. The van der Waals surface area contributed by atoms with Gasteiger partial charge in [-0.05, 0) is 71.2 Å². The number of nitrogen functional groups attached to an aromatic ring is 1. The van der Waals surface area contributed by atoms with Gasteiger partial charge in [-0.1, -0.05) is 35.9 Å². The van der Waals surface area contributed by atoms with Crippen LogP contribution in [0.25, 0.3) is 0 Å². The van der Waals surface area contributed by atoms with Gasteiger partial charge in [-0.15, -0.1) is 0 Å². The third-order valence-electron chi connectivity index (χ3n) is 4.83. The monoisotopic (exact) mass is 564 g/mol. The van der Waals surface area contributed by atoms with Crippen molar-refractivity contribution in [2.24, 2.45) is 0 Å². The first kappa shape index (κ1) is 29.1. The molecule has 37 heavy (non-hydrogen) atoms. The number of benzene rings is 1. The molecule has 9 heteroatoms. The van der Waals surface area contributed by atoms with Crippen molar-refractivity contribution in [3.05, 3.63) is 117 Å². The van der Waals surface area contributed by atoms with Gasteiger partial charge in [0, 0.05) is 30.7 Å². The second-order valence-corrected chi connectivity index (χ2v) is 8.63. The van der Waals surface area contributed by atoms with E-state index in [0.29, 0.717) is 21.5 Å². The number of pyridine rings is 3. The van der Waals surface area contributed by atoms with E-state index in [-0.39, 0.29) is 11.9 Å². The second-order valence-electron chi connectivity index (χ2n) is 7.81. The number of aryl methyl sites for hydroxylation is 2. The van der Waals surface area contributed by atoms with Crippen LogP contribution in [0, 0.1) is 13.8 Å². The van der Waals surface area contributed by atoms with E-state index in [2.05, 4.69) is 71.5 Å². The molecule has 4 aromatic rings. The van der Waals surface area contributed by atoms with Crippen molar-refractivity contribution in [3.63, 3.8) is 0 Å². The van der Waals surface area contributed by atoms with Crippen LogP contribution in [0.3, 0.4) is 0 Å². The molecule has 2 N–H and O–H groups in total. The van der Waals surface area contributed by atoms with Crippen molar-refractivity contribution < 1.29 is 19.1 Å². The maximum absolute atomic E-state index is 11.3. The Hall–Kier alpha value is -4.11. The largest absolute Gasteiger partial charge is 0.465 e. The number of ether oxygens (including phenoxy) is 2. The van der Waals surface area contributed by atoms with Crippen LogP contribution in [-0.2, 0) is 15.9 Å². The van der Waals surface area contributed by atoms with Gasteiger partial charge < -0.3 is 15.2 Å². The van der Waals surface area contributed by atoms with Crippen LogP contribution in [0.2, 0.25) is 0 Å². The standard InChI is InChI=1S/C15H15NO2.C7H6BrNO2.C6H8N2/c1-11-3-5-12(6-4-11)9-14-8-7-13(10-16-14)15(17)18-2;1-11-7(10)5-2-3-6(8)9-4-5;1-5-2-3-6(7)8-4-5/h3-8,10H,9H2,1-2H3;2-4H,1H3;2-4H,1H3,(H2,7,8). The molecule has 8 nitrogen and oxygen atoms in total. The van der Waals surface area contributed by atoms with Gasteiger partial charge in [-0.3, -0.25) is 4.98 Å². The van der Waals surface area contributed by atoms with Gasteiger partial charge in [0.2, 0.25) is 0 Å². The average Bonchev–Trinajstić information content (AvgIpc) is 2.92. The number of hydrogen-bond acceptors (Lipinski definition) is 8. The SMILES string of the molecule is COC(=O)c1ccc(Br)nc1.COC(=O)c1ccc(Cc2ccc(C)cc2)nc1.Cc1ccc(N)nc1. The van der Waals surface area contributed by atoms with Gasteiger partial charge in [0.25, 0.3) is 0 Å². The highest BCUT2D eigenvalue weighted by molar-refractivity contribution is 9.10. The zero-order valence-corrected chi connectivity index (χ0v) is 22.7. The number of carbonyl (C=O) groups is 2. The van der Waals surface area contributed by atoms with Crippen LogP contribution in [0.5, 0.6) is 0 Å². The van der Waals surface area contributed by atoms with E-state index in [1.807, 2.05) is 19.1 Å². The van der Waals surface area contributed by atoms with E-state index in [1.54, 1.807) is 36.7 Å². The number of halogens is 1. The molecule has 192 valence electrons. The Morgan fingerprint density at radius 3 is 1.73 bits per heavy atom. The first-order valence-corrected chi connectivity index (χ1v) is 12.0. The van der Waals surface area contributed by atoms with Gasteiger partial charge in [-0.25, -0.2) is 19.6 Å². The molecule has 4 rings (SSSR count). The lowest BCUT2D eigenvalue weighted by Gasteiger charge is -2.03. The molecule has 0 amide bonds. The van der Waals surface area contributed by atoms with Crippen molar-refractivity contribution in [1.29, 1.82) is 0 Å². The van der Waals surface area contributed by atoms with Crippen molar-refractivity contribution in [2.45, 2.75) is 20.3 Å². The van der Waals surface area contributed by atoms with E-state index in [1.165, 1.54) is 31.5 Å². The summed E-state index contributed by atoms with van der Waals surface area (Å²) in [6.07, 6.45) is 5.52. The molecule has 0 aliphatic rings. The fourth-order valence-electron chi connectivity index (χ4n) is 2.78. The van der Waals surface area contributed by atoms with E-state index < -0.39 is 0 Å². The molecule has 0 aliphatic heterocycles. The molecule has 0 radical (unpaired) electrons. The molecule has 0 saturated heterocycles. The van der Waals surface area contributed by atoms with E-state index in [4.69, 9.17) is 5.73 Å². The van der Waals surface area contributed by atoms with E-state index >= 15 is 0 Å². The minimum atomic E-state index is -0.370. The lowest BCUT2D eigenvalue weighted by atomic mass is 10.1. The molecule has 0 unspecified atom stereocenters. The zero-order valence-electron chi connectivity index (χ0n) is 21.1. The third-order valence-corrected chi connectivity index (χ3v) is 5.30. The molecule has 0 bridgehead atoms. The normalized spacial score (nSPS) is 9.65. The van der Waals surface area contributed by atoms with Gasteiger partial charge in [0.1, 0.15) is 10.4 Å². The summed E-state index contributed by atoms with van der Waals surface area (Å²) in [5.41, 5.74) is 10.8. The molecular formula is C28H29BrN4O4. The molecular weight excluding hydrogens is 536 g/mol. The predicted octanol–water partition coefficient (Wildman–Crippen LogP) is 5.37. The molecule has 0 aliphatic carbocycles. The minimum absolute atomic E-state index is 0.357. The van der Waals surface area contributed by atoms with Crippen LogP contribution in [0.1, 0.15) is 43.1 Å². The molecule has 1 aromatic carbocycles. The lowest BCUT2D eigenvalue weighted by molar-refractivity contribution is 0.0591. The summed E-state index contributed by atoms with van der Waals surface area (Å²) in [6.45, 7) is 4.04. The van der Waals surface area contributed by atoms with E-state index in [0.717, 1.165) is 17.7 Å². The summed E-state index contributed by atoms with van der Waals surface area (Å²) in [7, 11) is 2.70. The number of nitrogens with zero attached hydrogens (tertiary/aromatic N) is 3. The fraction of sp³-hybridized carbons (Fsp3) is 0.179. The number of esters is 2. The average molecular weight is 565 g/mol. The third kappa shape index (κ3) is 10.6. The van der Waals surface area contributed by atoms with E-state index in [9.17, 15) is 9.59 Å². The first-order valence-electron chi connectivity index (χ1n) is 11.2. The number of rotatable bonds is 4. The summed E-state index contributed by atoms with van der Waals surface area (Å²) in [6, 6.07) is 19.0. The molecule has 3 aromatic heterocycles. The van der Waals surface area contributed by atoms with Crippen molar-refractivity contribution in [2.75, 3.05) is 20.0 Å². The van der Waals surface area contributed by atoms with Crippen LogP contribution in [0.4, 0.5) is 5.82 Å². The highest BCUT2D eigenvalue weighted by Crippen LogP contribution is 2.10. The number of carbonyl (C=O) groups excluding carboxylic acids is 2. The van der Waals surface area contributed by atoms with Gasteiger partial charge >= 0.3 is 11.9 Å². The first-order chi connectivity index (χ1) is 17.7. The Morgan fingerprint density at radius 2 is 1.30 bits per heavy atom. The fourth-order valence-corrected chi connectivity index (χ4v) is 3.01. The van der Waals surface area contributed by atoms with Crippen LogP contribution in [-0.4, -0.2) is 41.1 Å². The Kier molecular flexibility index (Phi) is 11.9. The highest BCUT2D eigenvalue weighted by Gasteiger charge is 2.06. The Labute approximate surface area is 225 Å². The van der Waals surface area contributed by atoms with Crippen molar-refractivity contribution in [3.8, 4) is 0 Å². The van der Waals surface area contributed by atoms with Crippen molar-refractivity contribution >= 4 is 33.7 Å². The van der Waals surface area contributed by atoms with Gasteiger partial charge in [0.15, 0.2) is 0 Å². The Bertz CT molecular complexity index is 1240. The predicted molar refractivity (Wildman–Crippen MR) is 146 cm³/mol. The summed E-state index contributed by atoms with van der Waals surface area (Å²) in [5.74, 6) is -0.148. The maximum atomic E-state index is 11.3. The number of nitrogens with two attached hydrogens (primary N) is 1. The summed E-state index contributed by atoms with van der Waals surface area (Å²) < 4.78 is 9.81. The second kappa shape index (κ2) is 15.1. The maximum Gasteiger partial charge on any atom is 0.339 e. The van der Waals surface area contributed by atoms with Gasteiger partial charge in [-0.2, -0.15) is 0 Å². The van der Waals surface area contributed by atoms with Crippen LogP contribution < -0.4 is 5.73 Å². The molecule has 0 atom stereocenters. The number of hydrogen-bond donors (Lipinski definition) is 1. The Morgan fingerprint density at radius 1 is 0.730 bits per heavy atom. The number of methoxy groups -OCH3 is 2. The quantitative estimate of drug-likeness (QED) is 0.259. The highest BCUT2D eigenvalue weighted by atomic mass is 79.9. The smallest absolute Gasteiger partial charge is 0.339 e. The van der Waals surface area contributed by atoms with Crippen LogP contribution in [0.15, 0.2) is 83.9 Å². The number of anilines is 1. The van der Waals surface area contributed by atoms with Gasteiger partial charge in [0.05, 0.1) is 25.3 Å². The molecule has 3 heterocycles. The van der Waals surface area contributed by atoms with Crippen molar-refractivity contribution in [1.82, 2.24) is 15.0 Å². The summed E-state index contributed by atoms with van der Waals surface area (Å²) in [5, 5.41) is 0. The lowest BCUT2D eigenvalue weighted by Crippen LogP contribution is -2.02. The number of aromatic nitrogens is 3. The zero-order chi connectivity index (χ0) is 27.2. The molecule has 0 fully saturated rings. The molecule has 0 spiro atoms. The summed E-state index contributed by atoms with van der Waals surface area (Å²) >= 11 is 3.15. The van der Waals surface area contributed by atoms with Crippen LogP contribution >= 0.6 is 15.9 Å².